The molecule has 3 heterocycles. The number of ketones is 1. The first kappa shape index (κ1) is 16.8. The van der Waals surface area contributed by atoms with Crippen LogP contribution in [0.5, 0.6) is 0 Å². The van der Waals surface area contributed by atoms with Gasteiger partial charge in [0.1, 0.15) is 18.1 Å². The molecule has 0 unspecified atom stereocenters. The average Bonchev–Trinajstić information content (AvgIpc) is 3.38. The van der Waals surface area contributed by atoms with Crippen LogP contribution in [-0.4, -0.2) is 34.6 Å². The van der Waals surface area contributed by atoms with Crippen molar-refractivity contribution in [2.24, 2.45) is 0 Å². The Balaban J connectivity index is 1.58. The summed E-state index contributed by atoms with van der Waals surface area (Å²) in [6.07, 6.45) is 4.33. The highest BCUT2D eigenvalue weighted by Gasteiger charge is 2.39. The molecule has 1 aliphatic carbocycles. The summed E-state index contributed by atoms with van der Waals surface area (Å²) in [4.78, 5) is 19.6. The van der Waals surface area contributed by atoms with Gasteiger partial charge in [-0.25, -0.2) is 4.68 Å². The van der Waals surface area contributed by atoms with Gasteiger partial charge in [0, 0.05) is 43.4 Å². The molecule has 0 radical (unpaired) electrons. The number of nitrogens with one attached hydrogen (secondary N) is 1. The number of carbonyl (C=O) groups is 1. The van der Waals surface area contributed by atoms with Crippen molar-refractivity contribution in [1.29, 1.82) is 0 Å². The Morgan fingerprint density at radius 3 is 2.71 bits per heavy atom. The molecule has 3 aromatic rings. The van der Waals surface area contributed by atoms with Gasteiger partial charge in [-0.3, -0.25) is 4.79 Å². The molecular formula is C21H21N5O2. The quantitative estimate of drug-likeness (QED) is 0.757. The molecule has 2 aromatic heterocycles. The van der Waals surface area contributed by atoms with Crippen LogP contribution in [-0.2, 0) is 4.79 Å². The van der Waals surface area contributed by atoms with Crippen molar-refractivity contribution < 1.29 is 9.21 Å². The number of hydrogen-bond donors (Lipinski definition) is 1. The lowest BCUT2D eigenvalue weighted by molar-refractivity contribution is -0.117. The summed E-state index contributed by atoms with van der Waals surface area (Å²) in [5.74, 6) is 1.67. The van der Waals surface area contributed by atoms with Gasteiger partial charge in [0.2, 0.25) is 5.95 Å². The molecule has 2 atom stereocenters. The average molecular weight is 375 g/mol. The maximum Gasteiger partial charge on any atom is 0.226 e. The van der Waals surface area contributed by atoms with Crippen LogP contribution in [0, 0.1) is 0 Å². The Bertz CT molecular complexity index is 1050. The second-order valence-corrected chi connectivity index (χ2v) is 7.48. The second-order valence-electron chi connectivity index (χ2n) is 7.48. The number of furan rings is 1. The number of nitrogens with zero attached hydrogens (tertiary/aromatic N) is 4. The van der Waals surface area contributed by atoms with Crippen molar-refractivity contribution in [1.82, 2.24) is 14.8 Å². The number of aromatic nitrogens is 3. The Labute approximate surface area is 162 Å². The number of anilines is 2. The van der Waals surface area contributed by atoms with Crippen LogP contribution < -0.4 is 10.2 Å². The molecule has 0 amide bonds. The van der Waals surface area contributed by atoms with Gasteiger partial charge in [0.25, 0.3) is 0 Å². The first-order valence-electron chi connectivity index (χ1n) is 9.35. The lowest BCUT2D eigenvalue weighted by Gasteiger charge is -2.34. The molecule has 1 aliphatic heterocycles. The molecule has 0 spiro atoms. The predicted octanol–water partition coefficient (Wildman–Crippen LogP) is 3.35. The van der Waals surface area contributed by atoms with E-state index in [1.54, 1.807) is 10.9 Å². The lowest BCUT2D eigenvalue weighted by Crippen LogP contribution is -2.33. The highest BCUT2D eigenvalue weighted by atomic mass is 16.3. The van der Waals surface area contributed by atoms with Crippen LogP contribution in [0.3, 0.4) is 0 Å². The van der Waals surface area contributed by atoms with E-state index in [4.69, 9.17) is 4.42 Å². The minimum Gasteiger partial charge on any atom is -0.469 e. The maximum atomic E-state index is 13.2. The fourth-order valence-electron chi connectivity index (χ4n) is 4.14. The number of carbonyl (C=O) groups excluding carboxylic acids is 1. The van der Waals surface area contributed by atoms with E-state index in [9.17, 15) is 4.79 Å². The molecule has 142 valence electrons. The SMILES string of the molecule is CN(C)c1ccc([C@@H]2C3=C(C[C@@H](c4ccco4)CC3=O)Nc3ncnn32)cc1. The maximum absolute atomic E-state index is 13.2. The summed E-state index contributed by atoms with van der Waals surface area (Å²) >= 11 is 0. The normalized spacial score (nSPS) is 21.1. The first-order valence-corrected chi connectivity index (χ1v) is 9.35. The van der Waals surface area contributed by atoms with Gasteiger partial charge in [-0.2, -0.15) is 10.1 Å². The Morgan fingerprint density at radius 2 is 2.00 bits per heavy atom. The minimum absolute atomic E-state index is 0.0417. The van der Waals surface area contributed by atoms with Crippen LogP contribution in [0.15, 0.2) is 64.7 Å². The summed E-state index contributed by atoms with van der Waals surface area (Å²) in [7, 11) is 4.02. The number of rotatable bonds is 3. The highest BCUT2D eigenvalue weighted by Crippen LogP contribution is 2.43. The van der Waals surface area contributed by atoms with E-state index in [0.717, 1.165) is 28.3 Å². The molecule has 0 saturated carbocycles. The Morgan fingerprint density at radius 1 is 1.18 bits per heavy atom. The molecule has 0 saturated heterocycles. The molecule has 1 aromatic carbocycles. The molecule has 0 fully saturated rings. The summed E-state index contributed by atoms with van der Waals surface area (Å²) < 4.78 is 7.36. The van der Waals surface area contributed by atoms with Gasteiger partial charge >= 0.3 is 0 Å². The number of fused-ring (bicyclic) bond motifs is 1. The third-order valence-electron chi connectivity index (χ3n) is 5.53. The molecule has 7 nitrogen and oxygen atoms in total. The van der Waals surface area contributed by atoms with E-state index in [1.807, 2.05) is 26.2 Å². The van der Waals surface area contributed by atoms with E-state index in [2.05, 4.69) is 44.6 Å². The van der Waals surface area contributed by atoms with E-state index in [0.29, 0.717) is 18.8 Å². The van der Waals surface area contributed by atoms with E-state index in [1.165, 1.54) is 6.33 Å². The number of Topliss-reactive ketones (excluding diaryl/α,β-unsaturated/α-hetero) is 1. The van der Waals surface area contributed by atoms with Crippen molar-refractivity contribution in [3.05, 3.63) is 71.6 Å². The molecule has 5 rings (SSSR count). The Hall–Kier alpha value is -3.35. The fraction of sp³-hybridized carbons (Fsp3) is 0.286. The monoisotopic (exact) mass is 375 g/mol. The summed E-state index contributed by atoms with van der Waals surface area (Å²) in [5, 5.41) is 7.72. The third-order valence-corrected chi connectivity index (χ3v) is 5.53. The van der Waals surface area contributed by atoms with Crippen LogP contribution in [0.2, 0.25) is 0 Å². The van der Waals surface area contributed by atoms with Crippen molar-refractivity contribution in [2.45, 2.75) is 24.8 Å². The molecule has 2 aliphatic rings. The summed E-state index contributed by atoms with van der Waals surface area (Å²) in [6, 6.07) is 11.8. The van der Waals surface area contributed by atoms with Gasteiger partial charge in [-0.1, -0.05) is 12.1 Å². The molecular weight excluding hydrogens is 354 g/mol. The van der Waals surface area contributed by atoms with Gasteiger partial charge in [0.15, 0.2) is 5.78 Å². The molecule has 0 bridgehead atoms. The zero-order chi connectivity index (χ0) is 19.3. The van der Waals surface area contributed by atoms with E-state index in [-0.39, 0.29) is 17.7 Å². The van der Waals surface area contributed by atoms with Crippen LogP contribution in [0.4, 0.5) is 11.6 Å². The van der Waals surface area contributed by atoms with E-state index < -0.39 is 0 Å². The fourth-order valence-corrected chi connectivity index (χ4v) is 4.14. The standard InChI is InChI=1S/C21H21N5O2/c1-25(2)15-7-5-13(6-8-15)20-19-16(24-21-22-12-23-26(20)21)10-14(11-17(19)27)18-4-3-9-28-18/h3-9,12,14,20H,10-11H2,1-2H3,(H,22,23,24)/t14-,20-/m1/s1. The van der Waals surface area contributed by atoms with Gasteiger partial charge in [-0.15, -0.1) is 0 Å². The smallest absolute Gasteiger partial charge is 0.226 e. The number of allylic oxidation sites excluding steroid dienone is 2. The second kappa shape index (κ2) is 6.37. The van der Waals surface area contributed by atoms with Crippen LogP contribution in [0.1, 0.15) is 36.1 Å². The molecule has 7 heteroatoms. The zero-order valence-corrected chi connectivity index (χ0v) is 15.8. The zero-order valence-electron chi connectivity index (χ0n) is 15.8. The van der Waals surface area contributed by atoms with Crippen molar-refractivity contribution in [3.8, 4) is 0 Å². The Kier molecular flexibility index (Phi) is 3.82. The third kappa shape index (κ3) is 2.62. The van der Waals surface area contributed by atoms with Crippen LogP contribution in [0.25, 0.3) is 0 Å². The van der Waals surface area contributed by atoms with Gasteiger partial charge < -0.3 is 14.6 Å². The topological polar surface area (TPSA) is 76.2 Å². The summed E-state index contributed by atoms with van der Waals surface area (Å²) in [5.41, 5.74) is 3.83. The van der Waals surface area contributed by atoms with Crippen molar-refractivity contribution >= 4 is 17.4 Å². The first-order chi connectivity index (χ1) is 13.6. The molecule has 28 heavy (non-hydrogen) atoms. The van der Waals surface area contributed by atoms with Crippen molar-refractivity contribution in [2.75, 3.05) is 24.3 Å². The number of benzene rings is 1. The predicted molar refractivity (Wildman–Crippen MR) is 105 cm³/mol. The lowest BCUT2D eigenvalue weighted by atomic mass is 9.79. The minimum atomic E-state index is -0.269. The van der Waals surface area contributed by atoms with E-state index >= 15 is 0 Å². The highest BCUT2D eigenvalue weighted by molar-refractivity contribution is 6.00. The van der Waals surface area contributed by atoms with Gasteiger partial charge in [-0.05, 0) is 36.2 Å². The summed E-state index contributed by atoms with van der Waals surface area (Å²) in [6.45, 7) is 0. The van der Waals surface area contributed by atoms with Crippen molar-refractivity contribution in [3.63, 3.8) is 0 Å². The van der Waals surface area contributed by atoms with Crippen LogP contribution >= 0.6 is 0 Å². The number of hydrogen-bond acceptors (Lipinski definition) is 6. The van der Waals surface area contributed by atoms with Gasteiger partial charge in [0.05, 0.1) is 6.26 Å². The molecule has 1 N–H and O–H groups in total. The largest absolute Gasteiger partial charge is 0.469 e.